The Morgan fingerprint density at radius 1 is 1.70 bits per heavy atom. The van der Waals surface area contributed by atoms with E-state index in [1.165, 1.54) is 6.08 Å². The minimum Gasteiger partial charge on any atom is -0.269 e. The maximum Gasteiger partial charge on any atom is 0.343 e. The van der Waals surface area contributed by atoms with Gasteiger partial charge in [-0.05, 0) is 13.0 Å². The molecule has 1 heterocycles. The summed E-state index contributed by atoms with van der Waals surface area (Å²) in [6.07, 6.45) is 1.43. The first-order valence-corrected chi connectivity index (χ1v) is 4.28. The summed E-state index contributed by atoms with van der Waals surface area (Å²) in [6, 6.07) is 0. The van der Waals surface area contributed by atoms with E-state index in [-0.39, 0.29) is 5.17 Å². The lowest BCUT2D eigenvalue weighted by Crippen LogP contribution is -2.23. The predicted octanol–water partition coefficient (Wildman–Crippen LogP) is 0.376. The first-order chi connectivity index (χ1) is 4.49. The van der Waals surface area contributed by atoms with Gasteiger partial charge in [-0.1, -0.05) is 11.6 Å². The topological polar surface area (TPSA) is 58.5 Å². The highest BCUT2D eigenvalue weighted by molar-refractivity contribution is 7.88. The van der Waals surface area contributed by atoms with E-state index in [9.17, 15) is 8.42 Å². The highest BCUT2D eigenvalue weighted by Gasteiger charge is 2.12. The van der Waals surface area contributed by atoms with Crippen molar-refractivity contribution in [3.05, 3.63) is 11.8 Å². The molecule has 0 bridgehead atoms. The van der Waals surface area contributed by atoms with Crippen molar-refractivity contribution in [2.45, 2.75) is 6.92 Å². The van der Waals surface area contributed by atoms with Crippen LogP contribution in [-0.4, -0.2) is 13.6 Å². The zero-order valence-electron chi connectivity index (χ0n) is 5.13. The van der Waals surface area contributed by atoms with Crippen LogP contribution >= 0.6 is 11.6 Å². The van der Waals surface area contributed by atoms with Crippen molar-refractivity contribution >= 4 is 27.0 Å². The van der Waals surface area contributed by atoms with Gasteiger partial charge in [0, 0.05) is 5.70 Å². The van der Waals surface area contributed by atoms with Crippen LogP contribution in [0.1, 0.15) is 6.92 Å². The van der Waals surface area contributed by atoms with Gasteiger partial charge in [-0.2, -0.15) is 8.42 Å². The minimum absolute atomic E-state index is 0.0174. The lowest BCUT2D eigenvalue weighted by Gasteiger charge is -2.07. The molecule has 0 saturated heterocycles. The molecule has 0 spiro atoms. The van der Waals surface area contributed by atoms with E-state index in [1.807, 2.05) is 0 Å². The molecule has 0 amide bonds. The highest BCUT2D eigenvalue weighted by Crippen LogP contribution is 2.05. The SMILES string of the molecule is CC1=CC(Cl)=NS(=O)(=O)N1. The Morgan fingerprint density at radius 3 is 2.70 bits per heavy atom. The zero-order valence-corrected chi connectivity index (χ0v) is 6.70. The van der Waals surface area contributed by atoms with Crippen molar-refractivity contribution in [2.24, 2.45) is 4.40 Å². The average Bonchev–Trinajstić information content (AvgIpc) is 1.54. The Balaban J connectivity index is 3.11. The molecule has 0 aliphatic carbocycles. The Morgan fingerprint density at radius 2 is 2.30 bits per heavy atom. The second-order valence-electron chi connectivity index (χ2n) is 1.82. The molecule has 1 aliphatic rings. The van der Waals surface area contributed by atoms with Gasteiger partial charge < -0.3 is 0 Å². The molecule has 0 fully saturated rings. The summed E-state index contributed by atoms with van der Waals surface area (Å²) >= 11 is 5.35. The summed E-state index contributed by atoms with van der Waals surface area (Å²) < 4.78 is 26.6. The van der Waals surface area contributed by atoms with Gasteiger partial charge >= 0.3 is 10.2 Å². The van der Waals surface area contributed by atoms with Crippen LogP contribution in [0.2, 0.25) is 0 Å². The normalized spacial score (nSPS) is 22.6. The van der Waals surface area contributed by atoms with Gasteiger partial charge in [-0.3, -0.25) is 4.72 Å². The Labute approximate surface area is 63.8 Å². The molecule has 0 unspecified atom stereocenters. The van der Waals surface area contributed by atoms with Crippen molar-refractivity contribution < 1.29 is 8.42 Å². The van der Waals surface area contributed by atoms with E-state index in [4.69, 9.17) is 11.6 Å². The first kappa shape index (κ1) is 7.56. The van der Waals surface area contributed by atoms with E-state index < -0.39 is 10.2 Å². The monoisotopic (exact) mass is 180 g/mol. The second kappa shape index (κ2) is 2.25. The molecule has 0 aromatic rings. The van der Waals surface area contributed by atoms with Crippen LogP contribution in [-0.2, 0) is 10.2 Å². The number of hydrogen-bond acceptors (Lipinski definition) is 2. The summed E-state index contributed by atoms with van der Waals surface area (Å²) in [6.45, 7) is 1.59. The van der Waals surface area contributed by atoms with Gasteiger partial charge in [0.25, 0.3) is 0 Å². The Bertz CT molecular complexity index is 303. The van der Waals surface area contributed by atoms with Crippen LogP contribution in [0.15, 0.2) is 16.2 Å². The number of allylic oxidation sites excluding steroid dienone is 2. The molecule has 0 aromatic heterocycles. The standard InChI is InChI=1S/C4H5ClN2O2S/c1-3-2-4(5)7-10(8,9)6-3/h2,6H,1H3. The molecule has 0 aromatic carbocycles. The number of nitrogens with zero attached hydrogens (tertiary/aromatic N) is 1. The molecular formula is C4H5ClN2O2S. The Hall–Kier alpha value is -0.550. The third-order valence-electron chi connectivity index (χ3n) is 0.833. The maximum absolute atomic E-state index is 10.6. The van der Waals surface area contributed by atoms with E-state index in [1.54, 1.807) is 6.92 Å². The van der Waals surface area contributed by atoms with E-state index in [0.29, 0.717) is 5.70 Å². The summed E-state index contributed by atoms with van der Waals surface area (Å²) in [5.74, 6) is 0. The predicted molar refractivity (Wildman–Crippen MR) is 39.1 cm³/mol. The van der Waals surface area contributed by atoms with Gasteiger partial charge in [0.1, 0.15) is 5.17 Å². The molecule has 10 heavy (non-hydrogen) atoms. The molecule has 1 N–H and O–H groups in total. The third-order valence-corrected chi connectivity index (χ3v) is 2.14. The molecule has 4 nitrogen and oxygen atoms in total. The van der Waals surface area contributed by atoms with Crippen LogP contribution in [0.3, 0.4) is 0 Å². The first-order valence-electron chi connectivity index (χ1n) is 2.46. The largest absolute Gasteiger partial charge is 0.343 e. The van der Waals surface area contributed by atoms with Gasteiger partial charge in [0.15, 0.2) is 0 Å². The second-order valence-corrected chi connectivity index (χ2v) is 3.54. The molecule has 56 valence electrons. The quantitative estimate of drug-likeness (QED) is 0.586. The van der Waals surface area contributed by atoms with Crippen molar-refractivity contribution in [3.63, 3.8) is 0 Å². The van der Waals surface area contributed by atoms with Crippen molar-refractivity contribution in [3.8, 4) is 0 Å². The van der Waals surface area contributed by atoms with Crippen LogP contribution in [0.4, 0.5) is 0 Å². The summed E-state index contributed by atoms with van der Waals surface area (Å²) in [5, 5.41) is -0.0174. The molecule has 1 aliphatic heterocycles. The van der Waals surface area contributed by atoms with E-state index in [2.05, 4.69) is 9.12 Å². The van der Waals surface area contributed by atoms with Crippen LogP contribution < -0.4 is 4.72 Å². The molecule has 1 rings (SSSR count). The lowest BCUT2D eigenvalue weighted by molar-refractivity contribution is 0.590. The third kappa shape index (κ3) is 1.71. The molecule has 0 radical (unpaired) electrons. The van der Waals surface area contributed by atoms with Crippen molar-refractivity contribution in [1.29, 1.82) is 0 Å². The molecule has 0 saturated carbocycles. The highest BCUT2D eigenvalue weighted by atomic mass is 35.5. The van der Waals surface area contributed by atoms with E-state index in [0.717, 1.165) is 0 Å². The number of rotatable bonds is 0. The smallest absolute Gasteiger partial charge is 0.269 e. The maximum atomic E-state index is 10.6. The van der Waals surface area contributed by atoms with Crippen LogP contribution in [0, 0.1) is 0 Å². The fourth-order valence-corrected chi connectivity index (χ4v) is 1.81. The van der Waals surface area contributed by atoms with Gasteiger partial charge in [-0.15, -0.1) is 4.40 Å². The lowest BCUT2D eigenvalue weighted by atomic mass is 10.5. The number of halogens is 1. The van der Waals surface area contributed by atoms with Crippen molar-refractivity contribution in [1.82, 2.24) is 4.72 Å². The minimum atomic E-state index is -3.54. The number of hydrogen-bond donors (Lipinski definition) is 1. The molecular weight excluding hydrogens is 176 g/mol. The fourth-order valence-electron chi connectivity index (χ4n) is 0.576. The fraction of sp³-hybridized carbons (Fsp3) is 0.250. The van der Waals surface area contributed by atoms with Crippen LogP contribution in [0.5, 0.6) is 0 Å². The summed E-state index contributed by atoms with van der Waals surface area (Å²) in [5.41, 5.74) is 0.472. The summed E-state index contributed by atoms with van der Waals surface area (Å²) in [7, 11) is -3.54. The Kier molecular flexibility index (Phi) is 1.70. The van der Waals surface area contributed by atoms with Crippen molar-refractivity contribution in [2.75, 3.05) is 0 Å². The van der Waals surface area contributed by atoms with E-state index >= 15 is 0 Å². The van der Waals surface area contributed by atoms with Gasteiger partial charge in [-0.25, -0.2) is 0 Å². The zero-order chi connectivity index (χ0) is 7.78. The summed E-state index contributed by atoms with van der Waals surface area (Å²) in [4.78, 5) is 0. The van der Waals surface area contributed by atoms with Crippen LogP contribution in [0.25, 0.3) is 0 Å². The molecule has 0 atom stereocenters. The molecule has 6 heteroatoms. The average molecular weight is 181 g/mol. The van der Waals surface area contributed by atoms with Gasteiger partial charge in [0.05, 0.1) is 0 Å². The number of nitrogens with one attached hydrogen (secondary N) is 1. The van der Waals surface area contributed by atoms with Gasteiger partial charge in [0.2, 0.25) is 0 Å².